The van der Waals surface area contributed by atoms with E-state index in [1.165, 1.54) is 0 Å². The van der Waals surface area contributed by atoms with Crippen LogP contribution < -0.4 is 11.5 Å². The van der Waals surface area contributed by atoms with Crippen molar-refractivity contribution in [2.75, 3.05) is 5.73 Å². The van der Waals surface area contributed by atoms with Crippen molar-refractivity contribution in [3.8, 4) is 0 Å². The highest BCUT2D eigenvalue weighted by molar-refractivity contribution is 5.48. The molecule has 2 nitrogen and oxygen atoms in total. The van der Waals surface area contributed by atoms with Gasteiger partial charge in [-0.1, -0.05) is 0 Å². The summed E-state index contributed by atoms with van der Waals surface area (Å²) in [6.07, 6.45) is 0. The molecule has 0 saturated heterocycles. The molecule has 4 N–H and O–H groups in total. The van der Waals surface area contributed by atoms with Crippen LogP contribution in [-0.4, -0.2) is 0 Å². The molecule has 1 unspecified atom stereocenters. The van der Waals surface area contributed by atoms with Gasteiger partial charge < -0.3 is 11.5 Å². The lowest BCUT2D eigenvalue weighted by Crippen LogP contribution is -2.09. The minimum Gasteiger partial charge on any atom is -0.398 e. The first-order chi connectivity index (χ1) is 5.52. The van der Waals surface area contributed by atoms with E-state index >= 15 is 0 Å². The Hall–Kier alpha value is -1.16. The Morgan fingerprint density at radius 3 is 2.25 bits per heavy atom. The largest absolute Gasteiger partial charge is 0.398 e. The van der Waals surface area contributed by atoms with E-state index in [9.17, 15) is 8.78 Å². The molecule has 0 heterocycles. The van der Waals surface area contributed by atoms with Crippen LogP contribution >= 0.6 is 0 Å². The molecule has 0 saturated carbocycles. The summed E-state index contributed by atoms with van der Waals surface area (Å²) in [6.45, 7) is 1.66. The monoisotopic (exact) mass is 172 g/mol. The molecule has 0 spiro atoms. The van der Waals surface area contributed by atoms with E-state index in [4.69, 9.17) is 11.5 Å². The van der Waals surface area contributed by atoms with Gasteiger partial charge in [0, 0.05) is 17.8 Å². The minimum absolute atomic E-state index is 0.184. The van der Waals surface area contributed by atoms with Gasteiger partial charge >= 0.3 is 0 Å². The van der Waals surface area contributed by atoms with Gasteiger partial charge in [-0.15, -0.1) is 0 Å². The van der Waals surface area contributed by atoms with E-state index in [0.29, 0.717) is 5.56 Å². The number of hydrogen-bond donors (Lipinski definition) is 2. The average molecular weight is 172 g/mol. The van der Waals surface area contributed by atoms with Crippen molar-refractivity contribution in [1.82, 2.24) is 0 Å². The highest BCUT2D eigenvalue weighted by atomic mass is 19.2. The molecular formula is C8H10F2N2. The molecule has 1 rings (SSSR count). The second kappa shape index (κ2) is 3.06. The van der Waals surface area contributed by atoms with Crippen LogP contribution in [0.1, 0.15) is 18.5 Å². The van der Waals surface area contributed by atoms with Crippen LogP contribution in [0.2, 0.25) is 0 Å². The summed E-state index contributed by atoms with van der Waals surface area (Å²) in [6, 6.07) is 1.57. The van der Waals surface area contributed by atoms with Crippen LogP contribution in [0, 0.1) is 11.6 Å². The first-order valence-corrected chi connectivity index (χ1v) is 3.52. The normalized spacial score (nSPS) is 13.0. The molecule has 0 aliphatic heterocycles. The molecule has 0 amide bonds. The molecule has 0 aliphatic carbocycles. The van der Waals surface area contributed by atoms with Gasteiger partial charge in [0.25, 0.3) is 0 Å². The van der Waals surface area contributed by atoms with E-state index in [1.807, 2.05) is 0 Å². The highest BCUT2D eigenvalue weighted by Gasteiger charge is 2.09. The van der Waals surface area contributed by atoms with Crippen LogP contribution in [0.3, 0.4) is 0 Å². The molecule has 0 aromatic heterocycles. The fraction of sp³-hybridized carbons (Fsp3) is 0.250. The van der Waals surface area contributed by atoms with Gasteiger partial charge in [0.2, 0.25) is 0 Å². The maximum Gasteiger partial charge on any atom is 0.160 e. The number of benzene rings is 1. The molecule has 12 heavy (non-hydrogen) atoms. The lowest BCUT2D eigenvalue weighted by Gasteiger charge is -2.09. The van der Waals surface area contributed by atoms with Gasteiger partial charge in [0.1, 0.15) is 0 Å². The van der Waals surface area contributed by atoms with Gasteiger partial charge in [0.05, 0.1) is 0 Å². The molecule has 4 heteroatoms. The van der Waals surface area contributed by atoms with E-state index in [0.717, 1.165) is 12.1 Å². The third-order valence-corrected chi connectivity index (χ3v) is 1.62. The lowest BCUT2D eigenvalue weighted by atomic mass is 10.1. The number of nitrogens with two attached hydrogens (primary N) is 2. The minimum atomic E-state index is -0.947. The number of rotatable bonds is 1. The predicted molar refractivity (Wildman–Crippen MR) is 43.4 cm³/mol. The van der Waals surface area contributed by atoms with Crippen LogP contribution in [0.5, 0.6) is 0 Å². The van der Waals surface area contributed by atoms with Crippen molar-refractivity contribution in [2.45, 2.75) is 13.0 Å². The Morgan fingerprint density at radius 1 is 1.25 bits per heavy atom. The third kappa shape index (κ3) is 1.53. The summed E-state index contributed by atoms with van der Waals surface area (Å²) < 4.78 is 25.2. The van der Waals surface area contributed by atoms with E-state index < -0.39 is 11.6 Å². The molecule has 1 aromatic carbocycles. The van der Waals surface area contributed by atoms with Gasteiger partial charge in [0.15, 0.2) is 11.6 Å². The topological polar surface area (TPSA) is 52.0 Å². The zero-order valence-corrected chi connectivity index (χ0v) is 6.64. The molecule has 0 aliphatic rings. The maximum atomic E-state index is 12.6. The summed E-state index contributed by atoms with van der Waals surface area (Å²) in [5, 5.41) is 0. The fourth-order valence-corrected chi connectivity index (χ4v) is 0.972. The van der Waals surface area contributed by atoms with Crippen molar-refractivity contribution < 1.29 is 8.78 Å². The Bertz CT molecular complexity index is 297. The zero-order chi connectivity index (χ0) is 9.30. The summed E-state index contributed by atoms with van der Waals surface area (Å²) in [5.74, 6) is -1.87. The molecular weight excluding hydrogens is 162 g/mol. The van der Waals surface area contributed by atoms with Crippen LogP contribution in [0.15, 0.2) is 12.1 Å². The molecule has 66 valence electrons. The molecule has 0 bridgehead atoms. The Balaban J connectivity index is 3.23. The smallest absolute Gasteiger partial charge is 0.160 e. The first kappa shape index (κ1) is 8.93. The summed E-state index contributed by atoms with van der Waals surface area (Å²) in [7, 11) is 0. The van der Waals surface area contributed by atoms with Crippen molar-refractivity contribution in [1.29, 1.82) is 0 Å². The van der Waals surface area contributed by atoms with Gasteiger partial charge in [-0.05, 0) is 18.6 Å². The Labute approximate surface area is 69.2 Å². The van der Waals surface area contributed by atoms with Crippen molar-refractivity contribution in [3.63, 3.8) is 0 Å². The van der Waals surface area contributed by atoms with Crippen LogP contribution in [0.4, 0.5) is 14.5 Å². The van der Waals surface area contributed by atoms with Gasteiger partial charge in [-0.3, -0.25) is 0 Å². The molecule has 1 aromatic rings. The summed E-state index contributed by atoms with van der Waals surface area (Å²) in [5.41, 5.74) is 11.5. The number of hydrogen-bond acceptors (Lipinski definition) is 2. The Morgan fingerprint density at radius 2 is 1.75 bits per heavy atom. The van der Waals surface area contributed by atoms with Crippen molar-refractivity contribution in [3.05, 3.63) is 29.3 Å². The standard InChI is InChI=1S/C8H10F2N2/c1-4(11)5-2-6(9)7(10)3-8(5)12/h2-4H,11-12H2,1H3. The molecule has 1 atom stereocenters. The highest BCUT2D eigenvalue weighted by Crippen LogP contribution is 2.21. The first-order valence-electron chi connectivity index (χ1n) is 3.52. The van der Waals surface area contributed by atoms with Crippen LogP contribution in [0.25, 0.3) is 0 Å². The predicted octanol–water partition coefficient (Wildman–Crippen LogP) is 1.57. The van der Waals surface area contributed by atoms with Gasteiger partial charge in [-0.2, -0.15) is 0 Å². The van der Waals surface area contributed by atoms with Crippen molar-refractivity contribution >= 4 is 5.69 Å². The second-order valence-electron chi connectivity index (χ2n) is 2.68. The van der Waals surface area contributed by atoms with E-state index in [2.05, 4.69) is 0 Å². The van der Waals surface area contributed by atoms with Gasteiger partial charge in [-0.25, -0.2) is 8.78 Å². The average Bonchev–Trinajstić information content (AvgIpc) is 1.96. The summed E-state index contributed by atoms with van der Waals surface area (Å²) >= 11 is 0. The summed E-state index contributed by atoms with van der Waals surface area (Å²) in [4.78, 5) is 0. The SMILES string of the molecule is CC(N)c1cc(F)c(F)cc1N. The fourth-order valence-electron chi connectivity index (χ4n) is 0.972. The number of anilines is 1. The third-order valence-electron chi connectivity index (χ3n) is 1.62. The van der Waals surface area contributed by atoms with E-state index in [-0.39, 0.29) is 11.7 Å². The second-order valence-corrected chi connectivity index (χ2v) is 2.68. The van der Waals surface area contributed by atoms with Crippen LogP contribution in [-0.2, 0) is 0 Å². The van der Waals surface area contributed by atoms with Crippen molar-refractivity contribution in [2.24, 2.45) is 5.73 Å². The number of nitrogen functional groups attached to an aromatic ring is 1. The molecule has 0 fully saturated rings. The lowest BCUT2D eigenvalue weighted by molar-refractivity contribution is 0.506. The number of halogens is 2. The van der Waals surface area contributed by atoms with E-state index in [1.54, 1.807) is 6.92 Å². The Kier molecular flexibility index (Phi) is 2.28. The molecule has 0 radical (unpaired) electrons. The maximum absolute atomic E-state index is 12.6. The quantitative estimate of drug-likeness (QED) is 0.631. The zero-order valence-electron chi connectivity index (χ0n) is 6.64.